The molecular formula is C20H38O3. The predicted octanol–water partition coefficient (Wildman–Crippen LogP) is 6.10. The molecule has 0 aromatic carbocycles. The van der Waals surface area contributed by atoms with E-state index in [1.807, 2.05) is 0 Å². The van der Waals surface area contributed by atoms with Gasteiger partial charge in [0.05, 0.1) is 12.2 Å². The molecule has 0 bridgehead atoms. The van der Waals surface area contributed by atoms with E-state index >= 15 is 0 Å². The molecule has 23 heavy (non-hydrogen) atoms. The fourth-order valence-electron chi connectivity index (χ4n) is 3.32. The summed E-state index contributed by atoms with van der Waals surface area (Å²) < 4.78 is 5.74. The molecule has 1 heterocycles. The van der Waals surface area contributed by atoms with Gasteiger partial charge in [-0.25, -0.2) is 0 Å². The van der Waals surface area contributed by atoms with E-state index in [0.717, 1.165) is 19.3 Å². The van der Waals surface area contributed by atoms with Crippen LogP contribution < -0.4 is 0 Å². The lowest BCUT2D eigenvalue weighted by Gasteiger charge is -2.01. The Hall–Kier alpha value is -0.570. The number of carbonyl (C=O) groups is 1. The maximum atomic E-state index is 10.4. The van der Waals surface area contributed by atoms with Gasteiger partial charge in [0.2, 0.25) is 0 Å². The molecule has 1 rings (SSSR count). The second-order valence-corrected chi connectivity index (χ2v) is 7.18. The maximum absolute atomic E-state index is 10.4. The normalized spacial score (nSPS) is 19.9. The van der Waals surface area contributed by atoms with Gasteiger partial charge in [0.1, 0.15) is 0 Å². The van der Waals surface area contributed by atoms with Crippen LogP contribution in [0.4, 0.5) is 0 Å². The molecule has 0 saturated carbocycles. The van der Waals surface area contributed by atoms with Crippen molar-refractivity contribution in [1.29, 1.82) is 0 Å². The highest BCUT2D eigenvalue weighted by Crippen LogP contribution is 2.31. The van der Waals surface area contributed by atoms with Gasteiger partial charge in [0, 0.05) is 6.42 Å². The number of ether oxygens (including phenoxy) is 1. The Morgan fingerprint density at radius 3 is 1.65 bits per heavy atom. The molecule has 0 aromatic heterocycles. The largest absolute Gasteiger partial charge is 0.481 e. The van der Waals surface area contributed by atoms with Crippen molar-refractivity contribution in [2.24, 2.45) is 0 Å². The standard InChI is InChI=1S/C20H38O3/c1-2-3-4-5-6-7-8-9-12-15-18-19(23-18)16-13-10-11-14-17-20(21)22/h18-19H,2-17H2,1H3,(H,21,22)/t18-,19+/m1/s1. The quantitative estimate of drug-likeness (QED) is 0.259. The van der Waals surface area contributed by atoms with Gasteiger partial charge in [-0.15, -0.1) is 0 Å². The Labute approximate surface area is 143 Å². The fraction of sp³-hybridized carbons (Fsp3) is 0.950. The van der Waals surface area contributed by atoms with Crippen LogP contribution in [-0.2, 0) is 9.53 Å². The summed E-state index contributed by atoms with van der Waals surface area (Å²) in [5, 5.41) is 8.57. The van der Waals surface area contributed by atoms with Gasteiger partial charge in [0.25, 0.3) is 0 Å². The molecule has 3 heteroatoms. The lowest BCUT2D eigenvalue weighted by Crippen LogP contribution is -1.96. The summed E-state index contributed by atoms with van der Waals surface area (Å²) in [6.07, 6.45) is 20.5. The minimum Gasteiger partial charge on any atom is -0.481 e. The summed E-state index contributed by atoms with van der Waals surface area (Å²) in [4.78, 5) is 10.4. The van der Waals surface area contributed by atoms with Gasteiger partial charge >= 0.3 is 5.97 Å². The van der Waals surface area contributed by atoms with E-state index < -0.39 is 5.97 Å². The van der Waals surface area contributed by atoms with E-state index in [4.69, 9.17) is 9.84 Å². The van der Waals surface area contributed by atoms with Gasteiger partial charge in [-0.05, 0) is 19.3 Å². The molecule has 1 N–H and O–H groups in total. The van der Waals surface area contributed by atoms with Crippen LogP contribution in [0.2, 0.25) is 0 Å². The monoisotopic (exact) mass is 326 g/mol. The number of carboxylic acids is 1. The second kappa shape index (κ2) is 13.8. The van der Waals surface area contributed by atoms with Crippen LogP contribution in [0.25, 0.3) is 0 Å². The van der Waals surface area contributed by atoms with E-state index in [1.54, 1.807) is 0 Å². The third-order valence-electron chi connectivity index (χ3n) is 4.91. The zero-order valence-corrected chi connectivity index (χ0v) is 15.2. The zero-order chi connectivity index (χ0) is 16.8. The van der Waals surface area contributed by atoms with Crippen molar-refractivity contribution in [3.8, 4) is 0 Å². The molecule has 0 spiro atoms. The number of hydrogen-bond donors (Lipinski definition) is 1. The maximum Gasteiger partial charge on any atom is 0.303 e. The highest BCUT2D eigenvalue weighted by Gasteiger charge is 2.36. The summed E-state index contributed by atoms with van der Waals surface area (Å²) in [5.41, 5.74) is 0. The summed E-state index contributed by atoms with van der Waals surface area (Å²) in [5.74, 6) is -0.670. The van der Waals surface area contributed by atoms with E-state index in [9.17, 15) is 4.79 Å². The molecule has 136 valence electrons. The Balaban J connectivity index is 1.75. The zero-order valence-electron chi connectivity index (χ0n) is 15.2. The first-order valence-electron chi connectivity index (χ1n) is 10.1. The average molecular weight is 327 g/mol. The third-order valence-corrected chi connectivity index (χ3v) is 4.91. The number of carboxylic acid groups (broad SMARTS) is 1. The van der Waals surface area contributed by atoms with Crippen LogP contribution in [0.3, 0.4) is 0 Å². The fourth-order valence-corrected chi connectivity index (χ4v) is 3.32. The molecule has 0 radical (unpaired) electrons. The number of epoxide rings is 1. The van der Waals surface area contributed by atoms with Crippen molar-refractivity contribution in [3.05, 3.63) is 0 Å². The minimum absolute atomic E-state index is 0.321. The van der Waals surface area contributed by atoms with E-state index in [2.05, 4.69) is 6.92 Å². The van der Waals surface area contributed by atoms with Crippen molar-refractivity contribution in [1.82, 2.24) is 0 Å². The summed E-state index contributed by atoms with van der Waals surface area (Å²) >= 11 is 0. The predicted molar refractivity (Wildman–Crippen MR) is 95.8 cm³/mol. The van der Waals surface area contributed by atoms with E-state index in [-0.39, 0.29) is 0 Å². The molecule has 3 nitrogen and oxygen atoms in total. The van der Waals surface area contributed by atoms with Crippen LogP contribution in [0.5, 0.6) is 0 Å². The third kappa shape index (κ3) is 12.5. The molecule has 1 aliphatic rings. The summed E-state index contributed by atoms with van der Waals surface area (Å²) in [6, 6.07) is 0. The van der Waals surface area contributed by atoms with Crippen molar-refractivity contribution in [3.63, 3.8) is 0 Å². The number of unbranched alkanes of at least 4 members (excludes halogenated alkanes) is 11. The topological polar surface area (TPSA) is 49.8 Å². The molecule has 1 fully saturated rings. The van der Waals surface area contributed by atoms with Crippen molar-refractivity contribution in [2.75, 3.05) is 0 Å². The van der Waals surface area contributed by atoms with Crippen molar-refractivity contribution < 1.29 is 14.6 Å². The van der Waals surface area contributed by atoms with Gasteiger partial charge < -0.3 is 9.84 Å². The first kappa shape index (κ1) is 20.5. The lowest BCUT2D eigenvalue weighted by atomic mass is 10.0. The SMILES string of the molecule is CCCCCCCCCCC[C@H]1O[C@H]1CCCCCCC(=O)O. The second-order valence-electron chi connectivity index (χ2n) is 7.18. The highest BCUT2D eigenvalue weighted by molar-refractivity contribution is 5.66. The first-order valence-corrected chi connectivity index (χ1v) is 10.1. The molecule has 0 amide bonds. The van der Waals surface area contributed by atoms with Crippen LogP contribution in [0.1, 0.15) is 110 Å². The number of rotatable bonds is 17. The summed E-state index contributed by atoms with van der Waals surface area (Å²) in [6.45, 7) is 2.27. The summed E-state index contributed by atoms with van der Waals surface area (Å²) in [7, 11) is 0. The number of aliphatic carboxylic acids is 1. The molecule has 0 aliphatic carbocycles. The van der Waals surface area contributed by atoms with Gasteiger partial charge in [-0.1, -0.05) is 84.0 Å². The Kier molecular flexibility index (Phi) is 12.3. The lowest BCUT2D eigenvalue weighted by molar-refractivity contribution is -0.137. The van der Waals surface area contributed by atoms with Crippen LogP contribution >= 0.6 is 0 Å². The molecule has 2 atom stereocenters. The van der Waals surface area contributed by atoms with Crippen LogP contribution in [0, 0.1) is 0 Å². The molecule has 0 unspecified atom stereocenters. The van der Waals surface area contributed by atoms with Gasteiger partial charge in [0.15, 0.2) is 0 Å². The highest BCUT2D eigenvalue weighted by atomic mass is 16.6. The Morgan fingerprint density at radius 1 is 0.739 bits per heavy atom. The molecule has 1 saturated heterocycles. The Morgan fingerprint density at radius 2 is 1.17 bits per heavy atom. The number of hydrogen-bond acceptors (Lipinski definition) is 2. The van der Waals surface area contributed by atoms with E-state index in [0.29, 0.717) is 18.6 Å². The van der Waals surface area contributed by atoms with Crippen molar-refractivity contribution >= 4 is 5.97 Å². The van der Waals surface area contributed by atoms with Crippen LogP contribution in [0.15, 0.2) is 0 Å². The van der Waals surface area contributed by atoms with Gasteiger partial charge in [-0.2, -0.15) is 0 Å². The van der Waals surface area contributed by atoms with Gasteiger partial charge in [-0.3, -0.25) is 4.79 Å². The van der Waals surface area contributed by atoms with Crippen LogP contribution in [-0.4, -0.2) is 23.3 Å². The minimum atomic E-state index is -0.670. The smallest absolute Gasteiger partial charge is 0.303 e. The molecular weight excluding hydrogens is 288 g/mol. The first-order chi connectivity index (χ1) is 11.2. The Bertz CT molecular complexity index is 291. The van der Waals surface area contributed by atoms with Crippen molar-refractivity contribution in [2.45, 2.75) is 122 Å². The average Bonchev–Trinajstić information content (AvgIpc) is 3.27. The van der Waals surface area contributed by atoms with E-state index in [1.165, 1.54) is 77.0 Å². The molecule has 1 aliphatic heterocycles. The molecule has 0 aromatic rings.